The van der Waals surface area contributed by atoms with Crippen LogP contribution < -0.4 is 5.32 Å². The van der Waals surface area contributed by atoms with Gasteiger partial charge in [0, 0.05) is 6.54 Å². The number of unbranched alkanes of at least 4 members (excludes halogenated alkanes) is 1. The van der Waals surface area contributed by atoms with Crippen LogP contribution in [0.15, 0.2) is 29.8 Å². The number of carbonyl (C=O) groups excluding carboxylic acids is 3. The van der Waals surface area contributed by atoms with Gasteiger partial charge in [0.1, 0.15) is 5.57 Å². The zero-order valence-electron chi connectivity index (χ0n) is 12.5. The molecule has 4 amide bonds. The Morgan fingerprint density at radius 3 is 2.43 bits per heavy atom. The number of benzene rings is 1. The molecule has 120 valence electrons. The highest BCUT2D eigenvalue weighted by Crippen LogP contribution is 2.15. The molecule has 2 rings (SSSR count). The molecule has 0 bridgehead atoms. The van der Waals surface area contributed by atoms with Gasteiger partial charge in [-0.15, -0.1) is 0 Å². The van der Waals surface area contributed by atoms with Gasteiger partial charge in [0.25, 0.3) is 11.8 Å². The van der Waals surface area contributed by atoms with Gasteiger partial charge in [0.15, 0.2) is 0 Å². The maximum Gasteiger partial charge on any atom is 0.335 e. The number of hydrogen-bond acceptors (Lipinski definition) is 4. The summed E-state index contributed by atoms with van der Waals surface area (Å²) in [5, 5.41) is 11.0. The number of urea groups is 1. The third kappa shape index (κ3) is 3.63. The molecule has 1 aromatic rings. The number of rotatable bonds is 5. The fourth-order valence-corrected chi connectivity index (χ4v) is 2.10. The third-order valence-corrected chi connectivity index (χ3v) is 3.39. The predicted molar refractivity (Wildman–Crippen MR) is 81.5 cm³/mol. The van der Waals surface area contributed by atoms with E-state index in [1.807, 2.05) is 6.92 Å². The first-order valence-electron chi connectivity index (χ1n) is 7.16. The second-order valence-electron chi connectivity index (χ2n) is 5.05. The summed E-state index contributed by atoms with van der Waals surface area (Å²) < 4.78 is 0. The molecule has 2 N–H and O–H groups in total. The molecule has 1 aliphatic heterocycles. The smallest absolute Gasteiger partial charge is 0.335 e. The minimum absolute atomic E-state index is 0.103. The van der Waals surface area contributed by atoms with E-state index < -0.39 is 23.8 Å². The van der Waals surface area contributed by atoms with Crippen LogP contribution in [0.4, 0.5) is 4.79 Å². The molecule has 1 aromatic carbocycles. The average Bonchev–Trinajstić information content (AvgIpc) is 2.51. The summed E-state index contributed by atoms with van der Waals surface area (Å²) in [4.78, 5) is 47.7. The van der Waals surface area contributed by atoms with E-state index >= 15 is 0 Å². The van der Waals surface area contributed by atoms with E-state index in [1.165, 1.54) is 30.3 Å². The first-order chi connectivity index (χ1) is 10.9. The second-order valence-corrected chi connectivity index (χ2v) is 5.05. The summed E-state index contributed by atoms with van der Waals surface area (Å²) in [5.41, 5.74) is 0.452. The van der Waals surface area contributed by atoms with E-state index in [1.54, 1.807) is 0 Å². The number of hydrogen-bond donors (Lipinski definition) is 2. The van der Waals surface area contributed by atoms with Crippen molar-refractivity contribution < 1.29 is 24.3 Å². The van der Waals surface area contributed by atoms with E-state index in [4.69, 9.17) is 5.11 Å². The molecule has 0 aliphatic carbocycles. The highest BCUT2D eigenvalue weighted by atomic mass is 16.4. The Kier molecular flexibility index (Phi) is 4.90. The first kappa shape index (κ1) is 16.4. The molecule has 0 aromatic heterocycles. The number of aromatic carboxylic acids is 1. The molecule has 0 unspecified atom stereocenters. The second kappa shape index (κ2) is 6.87. The molecule has 0 radical (unpaired) electrons. The first-order valence-corrected chi connectivity index (χ1v) is 7.16. The minimum atomic E-state index is -1.06. The quantitative estimate of drug-likeness (QED) is 0.635. The van der Waals surface area contributed by atoms with Gasteiger partial charge < -0.3 is 5.11 Å². The molecule has 7 heteroatoms. The van der Waals surface area contributed by atoms with Gasteiger partial charge >= 0.3 is 12.0 Å². The molecule has 0 atom stereocenters. The monoisotopic (exact) mass is 316 g/mol. The third-order valence-electron chi connectivity index (χ3n) is 3.39. The molecular weight excluding hydrogens is 300 g/mol. The summed E-state index contributed by atoms with van der Waals surface area (Å²) in [7, 11) is 0. The van der Waals surface area contributed by atoms with Gasteiger partial charge in [0.05, 0.1) is 5.56 Å². The van der Waals surface area contributed by atoms with Crippen molar-refractivity contribution in [3.05, 3.63) is 41.0 Å². The number of nitrogens with zero attached hydrogens (tertiary/aromatic N) is 1. The Balaban J connectivity index is 2.28. The summed E-state index contributed by atoms with van der Waals surface area (Å²) in [5.74, 6) is -2.46. The lowest BCUT2D eigenvalue weighted by Crippen LogP contribution is -2.54. The maximum atomic E-state index is 12.3. The number of carboxylic acid groups (broad SMARTS) is 1. The van der Waals surface area contributed by atoms with Gasteiger partial charge in [-0.1, -0.05) is 25.5 Å². The predicted octanol–water partition coefficient (Wildman–Crippen LogP) is 1.65. The lowest BCUT2D eigenvalue weighted by atomic mass is 10.1. The standard InChI is InChI=1S/C16H16N2O5/c1-2-3-8-18-14(20)12(13(19)17-16(18)23)9-10-4-6-11(7-5-10)15(21)22/h4-7,9H,2-3,8H2,1H3,(H,21,22)(H,17,19,23). The van der Waals surface area contributed by atoms with Crippen molar-refractivity contribution in [2.45, 2.75) is 19.8 Å². The Hall–Kier alpha value is -2.96. The summed E-state index contributed by atoms with van der Waals surface area (Å²) in [6.45, 7) is 2.17. The molecule has 1 aliphatic rings. The highest BCUT2D eigenvalue weighted by Gasteiger charge is 2.35. The average molecular weight is 316 g/mol. The van der Waals surface area contributed by atoms with Gasteiger partial charge in [-0.05, 0) is 30.2 Å². The van der Waals surface area contributed by atoms with Gasteiger partial charge in [0.2, 0.25) is 0 Å². The molecule has 0 saturated carbocycles. The zero-order chi connectivity index (χ0) is 17.0. The Labute approximate surface area is 132 Å². The Morgan fingerprint density at radius 2 is 1.87 bits per heavy atom. The minimum Gasteiger partial charge on any atom is -0.478 e. The number of nitrogens with one attached hydrogen (secondary N) is 1. The van der Waals surface area contributed by atoms with E-state index in [9.17, 15) is 19.2 Å². The number of carbonyl (C=O) groups is 4. The molecule has 1 fully saturated rings. The normalized spacial score (nSPS) is 16.7. The lowest BCUT2D eigenvalue weighted by Gasteiger charge is -2.26. The zero-order valence-corrected chi connectivity index (χ0v) is 12.5. The van der Waals surface area contributed by atoms with E-state index in [-0.39, 0.29) is 17.7 Å². The maximum absolute atomic E-state index is 12.3. The van der Waals surface area contributed by atoms with Crippen LogP contribution in [0.25, 0.3) is 6.08 Å². The fraction of sp³-hybridized carbons (Fsp3) is 0.250. The number of carboxylic acids is 1. The van der Waals surface area contributed by atoms with Gasteiger partial charge in [-0.3, -0.25) is 19.8 Å². The summed E-state index contributed by atoms with van der Waals surface area (Å²) in [6.07, 6.45) is 2.79. The summed E-state index contributed by atoms with van der Waals surface area (Å²) >= 11 is 0. The molecule has 7 nitrogen and oxygen atoms in total. The van der Waals surface area contributed by atoms with Crippen LogP contribution >= 0.6 is 0 Å². The summed E-state index contributed by atoms with van der Waals surface area (Å²) in [6, 6.07) is 5.01. The van der Waals surface area contributed by atoms with Crippen molar-refractivity contribution in [3.63, 3.8) is 0 Å². The molecule has 1 heterocycles. The van der Waals surface area contributed by atoms with Crippen LogP contribution in [-0.4, -0.2) is 40.4 Å². The van der Waals surface area contributed by atoms with Gasteiger partial charge in [-0.2, -0.15) is 0 Å². The fourth-order valence-electron chi connectivity index (χ4n) is 2.10. The molecule has 1 saturated heterocycles. The van der Waals surface area contributed by atoms with Crippen molar-refractivity contribution in [3.8, 4) is 0 Å². The van der Waals surface area contributed by atoms with E-state index in [0.717, 1.165) is 11.3 Å². The SMILES string of the molecule is CCCCN1C(=O)NC(=O)C(=Cc2ccc(C(=O)O)cc2)C1=O. The van der Waals surface area contributed by atoms with Crippen molar-refractivity contribution in [1.29, 1.82) is 0 Å². The van der Waals surface area contributed by atoms with Crippen LogP contribution in [-0.2, 0) is 9.59 Å². The lowest BCUT2D eigenvalue weighted by molar-refractivity contribution is -0.130. The Morgan fingerprint density at radius 1 is 1.22 bits per heavy atom. The van der Waals surface area contributed by atoms with Crippen molar-refractivity contribution in [2.75, 3.05) is 6.54 Å². The van der Waals surface area contributed by atoms with E-state index in [2.05, 4.69) is 5.32 Å². The highest BCUT2D eigenvalue weighted by molar-refractivity contribution is 6.31. The molecule has 23 heavy (non-hydrogen) atoms. The largest absolute Gasteiger partial charge is 0.478 e. The van der Waals surface area contributed by atoms with Crippen LogP contribution in [0.3, 0.4) is 0 Å². The number of amides is 4. The van der Waals surface area contributed by atoms with Crippen LogP contribution in [0.5, 0.6) is 0 Å². The van der Waals surface area contributed by atoms with Crippen molar-refractivity contribution in [2.24, 2.45) is 0 Å². The topological polar surface area (TPSA) is 104 Å². The number of barbiturate groups is 1. The number of imide groups is 2. The van der Waals surface area contributed by atoms with Crippen LogP contribution in [0.2, 0.25) is 0 Å². The van der Waals surface area contributed by atoms with E-state index in [0.29, 0.717) is 12.0 Å². The van der Waals surface area contributed by atoms with Crippen LogP contribution in [0.1, 0.15) is 35.7 Å². The molecule has 0 spiro atoms. The van der Waals surface area contributed by atoms with Crippen molar-refractivity contribution in [1.82, 2.24) is 10.2 Å². The van der Waals surface area contributed by atoms with Crippen LogP contribution in [0, 0.1) is 0 Å². The van der Waals surface area contributed by atoms with Crippen molar-refractivity contribution >= 4 is 29.9 Å². The Bertz CT molecular complexity index is 691. The molecular formula is C16H16N2O5. The van der Waals surface area contributed by atoms with Gasteiger partial charge in [-0.25, -0.2) is 9.59 Å².